The molecule has 0 saturated carbocycles. The van der Waals surface area contributed by atoms with Gasteiger partial charge in [0, 0.05) is 17.8 Å². The largest absolute Gasteiger partial charge is 0.369 e. The zero-order valence-corrected chi connectivity index (χ0v) is 10.6. The molecule has 0 aliphatic carbocycles. The van der Waals surface area contributed by atoms with E-state index in [9.17, 15) is 4.79 Å². The van der Waals surface area contributed by atoms with Crippen LogP contribution in [-0.2, 0) is 4.79 Å². The Balaban J connectivity index is 0.000000722. The van der Waals surface area contributed by atoms with Gasteiger partial charge in [-0.3, -0.25) is 4.79 Å². The molecule has 3 aliphatic rings. The average molecular weight is 274 g/mol. The number of carbonyl (C=O) groups is 1. The molecule has 92 valence electrons. The van der Waals surface area contributed by atoms with Crippen molar-refractivity contribution in [3.05, 3.63) is 47.5 Å². The molecule has 1 amide bonds. The first-order chi connectivity index (χ1) is 7.25. The first-order valence-corrected chi connectivity index (χ1v) is 4.90. The van der Waals surface area contributed by atoms with Crippen molar-refractivity contribution in [2.24, 2.45) is 5.73 Å². The number of halogens is 2. The SMILES string of the molecule is Cl.Cl.NC(=O)C1=CC2CNC3=CC=CC(=C1)N32. The number of hydrogen-bond acceptors (Lipinski definition) is 3. The van der Waals surface area contributed by atoms with Gasteiger partial charge in [-0.2, -0.15) is 0 Å². The molecule has 0 aromatic heterocycles. The lowest BCUT2D eigenvalue weighted by atomic mass is 10.0. The minimum Gasteiger partial charge on any atom is -0.369 e. The number of carbonyl (C=O) groups excluding carboxylic acids is 1. The van der Waals surface area contributed by atoms with Gasteiger partial charge in [-0.05, 0) is 24.3 Å². The lowest BCUT2D eigenvalue weighted by molar-refractivity contribution is -0.114. The Morgan fingerprint density at radius 3 is 2.94 bits per heavy atom. The molecule has 6 heteroatoms. The highest BCUT2D eigenvalue weighted by molar-refractivity contribution is 5.95. The van der Waals surface area contributed by atoms with E-state index in [-0.39, 0.29) is 36.8 Å². The monoisotopic (exact) mass is 273 g/mol. The number of amides is 1. The van der Waals surface area contributed by atoms with Crippen molar-refractivity contribution in [2.45, 2.75) is 6.04 Å². The summed E-state index contributed by atoms with van der Waals surface area (Å²) in [7, 11) is 0. The van der Waals surface area contributed by atoms with Crippen LogP contribution in [0.1, 0.15) is 0 Å². The number of rotatable bonds is 1. The quantitative estimate of drug-likeness (QED) is 0.744. The highest BCUT2D eigenvalue weighted by Gasteiger charge is 2.32. The molecule has 1 fully saturated rings. The van der Waals surface area contributed by atoms with Crippen LogP contribution >= 0.6 is 24.8 Å². The third-order valence-electron chi connectivity index (χ3n) is 2.84. The van der Waals surface area contributed by atoms with Crippen molar-refractivity contribution in [3.8, 4) is 0 Å². The first kappa shape index (κ1) is 13.7. The molecule has 17 heavy (non-hydrogen) atoms. The normalized spacial score (nSPS) is 23.2. The van der Waals surface area contributed by atoms with Crippen molar-refractivity contribution in [1.82, 2.24) is 10.2 Å². The Bertz CT molecular complexity index is 465. The fourth-order valence-corrected chi connectivity index (χ4v) is 2.17. The maximum atomic E-state index is 11.1. The second-order valence-corrected chi connectivity index (χ2v) is 3.78. The molecule has 3 heterocycles. The van der Waals surface area contributed by atoms with Crippen molar-refractivity contribution in [3.63, 3.8) is 0 Å². The number of nitrogens with two attached hydrogens (primary N) is 1. The molecule has 1 saturated heterocycles. The van der Waals surface area contributed by atoms with E-state index in [1.54, 1.807) is 0 Å². The van der Waals surface area contributed by atoms with Crippen LogP contribution < -0.4 is 11.1 Å². The van der Waals surface area contributed by atoms with Gasteiger partial charge in [-0.15, -0.1) is 24.8 Å². The summed E-state index contributed by atoms with van der Waals surface area (Å²) < 4.78 is 0. The predicted octanol–water partition coefficient (Wildman–Crippen LogP) is 0.824. The van der Waals surface area contributed by atoms with E-state index in [1.165, 1.54) is 0 Å². The van der Waals surface area contributed by atoms with Crippen LogP contribution in [0.3, 0.4) is 0 Å². The Kier molecular flexibility index (Phi) is 3.91. The van der Waals surface area contributed by atoms with Crippen LogP contribution in [0.4, 0.5) is 0 Å². The van der Waals surface area contributed by atoms with Gasteiger partial charge in [-0.25, -0.2) is 0 Å². The second-order valence-electron chi connectivity index (χ2n) is 3.78. The number of allylic oxidation sites excluding steroid dienone is 3. The highest BCUT2D eigenvalue weighted by atomic mass is 35.5. The van der Waals surface area contributed by atoms with Crippen LogP contribution in [-0.4, -0.2) is 23.4 Å². The summed E-state index contributed by atoms with van der Waals surface area (Å²) in [6.45, 7) is 0.821. The van der Waals surface area contributed by atoms with Crippen molar-refractivity contribution in [1.29, 1.82) is 0 Å². The summed E-state index contributed by atoms with van der Waals surface area (Å²) in [5.41, 5.74) is 6.91. The molecule has 3 rings (SSSR count). The predicted molar refractivity (Wildman–Crippen MR) is 70.7 cm³/mol. The van der Waals surface area contributed by atoms with E-state index in [0.717, 1.165) is 18.1 Å². The molecule has 3 N–H and O–H groups in total. The van der Waals surface area contributed by atoms with E-state index in [0.29, 0.717) is 5.57 Å². The number of nitrogens with zero attached hydrogens (tertiary/aromatic N) is 1. The third kappa shape index (κ3) is 2.06. The molecular weight excluding hydrogens is 261 g/mol. The lowest BCUT2D eigenvalue weighted by Crippen LogP contribution is -2.32. The van der Waals surface area contributed by atoms with Gasteiger partial charge in [-0.1, -0.05) is 6.08 Å². The summed E-state index contributed by atoms with van der Waals surface area (Å²) in [5, 5.41) is 3.29. The molecule has 0 spiro atoms. The zero-order valence-electron chi connectivity index (χ0n) is 8.92. The molecule has 0 aromatic carbocycles. The van der Waals surface area contributed by atoms with E-state index in [4.69, 9.17) is 5.73 Å². The average Bonchev–Trinajstić information content (AvgIpc) is 2.64. The van der Waals surface area contributed by atoms with Crippen LogP contribution in [0.2, 0.25) is 0 Å². The van der Waals surface area contributed by atoms with Gasteiger partial charge in [0.25, 0.3) is 0 Å². The van der Waals surface area contributed by atoms with Crippen molar-refractivity contribution >= 4 is 30.7 Å². The maximum absolute atomic E-state index is 11.1. The Morgan fingerprint density at radius 1 is 1.47 bits per heavy atom. The highest BCUT2D eigenvalue weighted by Crippen LogP contribution is 2.30. The van der Waals surface area contributed by atoms with Crippen LogP contribution in [0.5, 0.6) is 0 Å². The smallest absolute Gasteiger partial charge is 0.248 e. The van der Waals surface area contributed by atoms with Crippen LogP contribution in [0.15, 0.2) is 47.5 Å². The number of hydrogen-bond donors (Lipinski definition) is 2. The third-order valence-corrected chi connectivity index (χ3v) is 2.84. The molecule has 0 aromatic rings. The Labute approximate surface area is 112 Å². The van der Waals surface area contributed by atoms with E-state index in [2.05, 4.69) is 10.2 Å². The Morgan fingerprint density at radius 2 is 2.24 bits per heavy atom. The molecule has 4 nitrogen and oxygen atoms in total. The van der Waals surface area contributed by atoms with Crippen molar-refractivity contribution < 1.29 is 4.79 Å². The van der Waals surface area contributed by atoms with Crippen LogP contribution in [0, 0.1) is 0 Å². The molecule has 1 atom stereocenters. The van der Waals surface area contributed by atoms with Gasteiger partial charge in [0.2, 0.25) is 5.91 Å². The van der Waals surface area contributed by atoms with E-state index in [1.807, 2.05) is 30.4 Å². The topological polar surface area (TPSA) is 58.4 Å². The number of primary amides is 1. The molecular formula is C11H13Cl2N3O. The molecule has 0 bridgehead atoms. The summed E-state index contributed by atoms with van der Waals surface area (Å²) >= 11 is 0. The molecule has 0 radical (unpaired) electrons. The molecule has 1 unspecified atom stereocenters. The number of nitrogens with one attached hydrogen (secondary N) is 1. The van der Waals surface area contributed by atoms with Gasteiger partial charge in [0.05, 0.1) is 6.04 Å². The minimum absolute atomic E-state index is 0. The van der Waals surface area contributed by atoms with Gasteiger partial charge in [0.1, 0.15) is 5.82 Å². The summed E-state index contributed by atoms with van der Waals surface area (Å²) in [4.78, 5) is 13.3. The van der Waals surface area contributed by atoms with Gasteiger partial charge in [0.15, 0.2) is 0 Å². The zero-order chi connectivity index (χ0) is 10.4. The second kappa shape index (κ2) is 4.85. The minimum atomic E-state index is -0.362. The maximum Gasteiger partial charge on any atom is 0.248 e. The van der Waals surface area contributed by atoms with Crippen LogP contribution in [0.25, 0.3) is 0 Å². The van der Waals surface area contributed by atoms with E-state index < -0.39 is 0 Å². The standard InChI is InChI=1S/C11H11N3O.2ClH/c12-11(15)7-4-8-2-1-3-10-13-6-9(5-7)14(8)10;;/h1-5,9,13H,6H2,(H2,12,15);2*1H. The fraction of sp³-hybridized carbons (Fsp3) is 0.182. The molecule has 3 aliphatic heterocycles. The Hall–Kier alpha value is -1.39. The summed E-state index contributed by atoms with van der Waals surface area (Å²) in [6, 6.07) is 0.212. The lowest BCUT2D eigenvalue weighted by Gasteiger charge is -2.30. The fourth-order valence-electron chi connectivity index (χ4n) is 2.17. The van der Waals surface area contributed by atoms with Gasteiger partial charge >= 0.3 is 0 Å². The van der Waals surface area contributed by atoms with E-state index >= 15 is 0 Å². The summed E-state index contributed by atoms with van der Waals surface area (Å²) in [5.74, 6) is 0.729. The van der Waals surface area contributed by atoms with Crippen molar-refractivity contribution in [2.75, 3.05) is 6.54 Å². The summed E-state index contributed by atoms with van der Waals surface area (Å²) in [6.07, 6.45) is 9.73. The van der Waals surface area contributed by atoms with Gasteiger partial charge < -0.3 is 16.0 Å². The first-order valence-electron chi connectivity index (χ1n) is 4.90.